The minimum atomic E-state index is 0.270. The van der Waals surface area contributed by atoms with E-state index in [1.165, 1.54) is 19.3 Å². The highest BCUT2D eigenvalue weighted by atomic mass is 15.5. The van der Waals surface area contributed by atoms with Gasteiger partial charge in [-0.05, 0) is 38.4 Å². The Morgan fingerprint density at radius 1 is 1.24 bits per heavy atom. The fourth-order valence-electron chi connectivity index (χ4n) is 2.37. The number of allylic oxidation sites excluding steroid dienone is 1. The Kier molecular flexibility index (Phi) is 6.16. The number of hydrogen-bond donors (Lipinski definition) is 1. The molecular weight excluding hydrogens is 260 g/mol. The highest BCUT2D eigenvalue weighted by Gasteiger charge is 2.13. The number of hydrogen-bond acceptors (Lipinski definition) is 3. The lowest BCUT2D eigenvalue weighted by Crippen LogP contribution is -2.17. The summed E-state index contributed by atoms with van der Waals surface area (Å²) in [7, 11) is 1.98. The summed E-state index contributed by atoms with van der Waals surface area (Å²) in [6, 6.07) is 10.3. The summed E-state index contributed by atoms with van der Waals surface area (Å²) < 4.78 is 0. The molecule has 0 bridgehead atoms. The zero-order chi connectivity index (χ0) is 14.9. The quantitative estimate of drug-likeness (QED) is 0.564. The Morgan fingerprint density at radius 3 is 2.76 bits per heavy atom. The van der Waals surface area contributed by atoms with Gasteiger partial charge >= 0.3 is 0 Å². The van der Waals surface area contributed by atoms with Crippen LogP contribution >= 0.6 is 0 Å². The normalized spacial score (nSPS) is 12.2. The van der Waals surface area contributed by atoms with Crippen LogP contribution in [0.15, 0.2) is 49.2 Å². The first-order chi connectivity index (χ1) is 10.3. The van der Waals surface area contributed by atoms with Gasteiger partial charge in [0.2, 0.25) is 0 Å². The number of rotatable bonds is 9. The summed E-state index contributed by atoms with van der Waals surface area (Å²) in [5, 5.41) is 12.3. The third kappa shape index (κ3) is 4.53. The average molecular weight is 284 g/mol. The molecule has 0 amide bonds. The van der Waals surface area contributed by atoms with Crippen LogP contribution in [0.5, 0.6) is 0 Å². The van der Waals surface area contributed by atoms with E-state index in [1.54, 1.807) is 4.80 Å². The molecule has 4 nitrogen and oxygen atoms in total. The van der Waals surface area contributed by atoms with Gasteiger partial charge in [0, 0.05) is 0 Å². The molecule has 112 valence electrons. The van der Waals surface area contributed by atoms with Gasteiger partial charge in [0.25, 0.3) is 0 Å². The first-order valence-electron chi connectivity index (χ1n) is 7.61. The zero-order valence-electron chi connectivity index (χ0n) is 12.7. The van der Waals surface area contributed by atoms with Crippen LogP contribution in [0.4, 0.5) is 0 Å². The molecule has 1 aromatic heterocycles. The van der Waals surface area contributed by atoms with E-state index in [0.717, 1.165) is 24.2 Å². The molecular formula is C17H24N4. The standard InChI is InChI=1S/C17H24N4/c1-3-4-5-6-10-13-16(18-2)17-14-19-21(20-17)15-11-8-7-9-12-15/h3,7-9,11-12,14,16,18H,1,4-6,10,13H2,2H3. The molecule has 21 heavy (non-hydrogen) atoms. The molecule has 2 rings (SSSR count). The molecule has 2 aromatic rings. The van der Waals surface area contributed by atoms with Gasteiger partial charge in [0.15, 0.2) is 0 Å². The van der Waals surface area contributed by atoms with Gasteiger partial charge in [-0.15, -0.1) is 6.58 Å². The lowest BCUT2D eigenvalue weighted by Gasteiger charge is -2.12. The first kappa shape index (κ1) is 15.4. The van der Waals surface area contributed by atoms with Crippen LogP contribution in [0.1, 0.15) is 43.8 Å². The van der Waals surface area contributed by atoms with Crippen LogP contribution in [-0.4, -0.2) is 22.0 Å². The molecule has 1 unspecified atom stereocenters. The molecule has 0 aliphatic carbocycles. The van der Waals surface area contributed by atoms with Crippen molar-refractivity contribution in [1.29, 1.82) is 0 Å². The van der Waals surface area contributed by atoms with E-state index in [1.807, 2.05) is 49.7 Å². The fraction of sp³-hybridized carbons (Fsp3) is 0.412. The molecule has 1 heterocycles. The molecule has 0 fully saturated rings. The molecule has 0 spiro atoms. The fourth-order valence-corrected chi connectivity index (χ4v) is 2.37. The van der Waals surface area contributed by atoms with Crippen LogP contribution in [0.2, 0.25) is 0 Å². The lowest BCUT2D eigenvalue weighted by atomic mass is 10.1. The SMILES string of the molecule is C=CCCCCCC(NC)c1cnn(-c2ccccc2)n1. The maximum atomic E-state index is 4.59. The van der Waals surface area contributed by atoms with Gasteiger partial charge in [-0.3, -0.25) is 0 Å². The van der Waals surface area contributed by atoms with Crippen molar-refractivity contribution in [2.45, 2.75) is 38.1 Å². The molecule has 0 aliphatic rings. The summed E-state index contributed by atoms with van der Waals surface area (Å²) >= 11 is 0. The molecule has 0 saturated carbocycles. The highest BCUT2D eigenvalue weighted by molar-refractivity contribution is 5.28. The monoisotopic (exact) mass is 284 g/mol. The third-order valence-corrected chi connectivity index (χ3v) is 3.60. The van der Waals surface area contributed by atoms with Gasteiger partial charge in [-0.1, -0.05) is 37.1 Å². The minimum Gasteiger partial charge on any atom is -0.312 e. The Balaban J connectivity index is 1.93. The predicted octanol–water partition coefficient (Wildman–Crippen LogP) is 3.66. The summed E-state index contributed by atoms with van der Waals surface area (Å²) in [5.74, 6) is 0. The number of benzene rings is 1. The zero-order valence-corrected chi connectivity index (χ0v) is 12.7. The summed E-state index contributed by atoms with van der Waals surface area (Å²) in [4.78, 5) is 1.69. The molecule has 0 radical (unpaired) electrons. The Hall–Kier alpha value is -1.94. The van der Waals surface area contributed by atoms with Gasteiger partial charge in [0.05, 0.1) is 17.9 Å². The predicted molar refractivity (Wildman–Crippen MR) is 86.4 cm³/mol. The van der Waals surface area contributed by atoms with Crippen molar-refractivity contribution >= 4 is 0 Å². The largest absolute Gasteiger partial charge is 0.312 e. The lowest BCUT2D eigenvalue weighted by molar-refractivity contribution is 0.494. The van der Waals surface area contributed by atoms with E-state index in [4.69, 9.17) is 0 Å². The van der Waals surface area contributed by atoms with Crippen LogP contribution in [0.3, 0.4) is 0 Å². The smallest absolute Gasteiger partial charge is 0.100 e. The second-order valence-electron chi connectivity index (χ2n) is 5.16. The van der Waals surface area contributed by atoms with Crippen molar-refractivity contribution in [3.63, 3.8) is 0 Å². The van der Waals surface area contributed by atoms with E-state index < -0.39 is 0 Å². The molecule has 1 aromatic carbocycles. The number of unbranched alkanes of at least 4 members (excludes halogenated alkanes) is 3. The number of nitrogens with one attached hydrogen (secondary N) is 1. The molecule has 1 N–H and O–H groups in total. The summed E-state index contributed by atoms with van der Waals surface area (Å²) in [6.45, 7) is 3.76. The topological polar surface area (TPSA) is 42.7 Å². The van der Waals surface area contributed by atoms with E-state index >= 15 is 0 Å². The number of para-hydroxylation sites is 1. The van der Waals surface area contributed by atoms with E-state index in [2.05, 4.69) is 22.1 Å². The Morgan fingerprint density at radius 2 is 2.05 bits per heavy atom. The molecule has 0 aliphatic heterocycles. The third-order valence-electron chi connectivity index (χ3n) is 3.60. The molecule has 0 saturated heterocycles. The summed E-state index contributed by atoms with van der Waals surface area (Å²) in [6.07, 6.45) is 9.68. The summed E-state index contributed by atoms with van der Waals surface area (Å²) in [5.41, 5.74) is 2.00. The van der Waals surface area contributed by atoms with Gasteiger partial charge in [-0.25, -0.2) is 0 Å². The first-order valence-corrected chi connectivity index (χ1v) is 7.61. The van der Waals surface area contributed by atoms with Crippen molar-refractivity contribution in [2.24, 2.45) is 0 Å². The van der Waals surface area contributed by atoms with Crippen molar-refractivity contribution in [2.75, 3.05) is 7.05 Å². The maximum Gasteiger partial charge on any atom is 0.100 e. The van der Waals surface area contributed by atoms with E-state index in [-0.39, 0.29) is 6.04 Å². The van der Waals surface area contributed by atoms with Crippen molar-refractivity contribution < 1.29 is 0 Å². The minimum absolute atomic E-state index is 0.270. The number of nitrogens with zero attached hydrogens (tertiary/aromatic N) is 3. The highest BCUT2D eigenvalue weighted by Crippen LogP contribution is 2.18. The van der Waals surface area contributed by atoms with Crippen LogP contribution in [0.25, 0.3) is 5.69 Å². The Labute approximate surface area is 126 Å². The maximum absolute atomic E-state index is 4.59. The Bertz CT molecular complexity index is 533. The number of aromatic nitrogens is 3. The van der Waals surface area contributed by atoms with Gasteiger partial charge in [0.1, 0.15) is 5.69 Å². The van der Waals surface area contributed by atoms with Crippen LogP contribution < -0.4 is 5.32 Å². The van der Waals surface area contributed by atoms with Crippen LogP contribution in [-0.2, 0) is 0 Å². The van der Waals surface area contributed by atoms with Crippen LogP contribution in [0, 0.1) is 0 Å². The van der Waals surface area contributed by atoms with Gasteiger partial charge < -0.3 is 5.32 Å². The van der Waals surface area contributed by atoms with Crippen molar-refractivity contribution in [1.82, 2.24) is 20.3 Å². The van der Waals surface area contributed by atoms with Crippen molar-refractivity contribution in [3.05, 3.63) is 54.9 Å². The van der Waals surface area contributed by atoms with E-state index in [0.29, 0.717) is 0 Å². The molecule has 1 atom stereocenters. The molecule has 4 heteroatoms. The second-order valence-corrected chi connectivity index (χ2v) is 5.16. The van der Waals surface area contributed by atoms with Gasteiger partial charge in [-0.2, -0.15) is 15.0 Å². The van der Waals surface area contributed by atoms with Crippen molar-refractivity contribution in [3.8, 4) is 5.69 Å². The van der Waals surface area contributed by atoms with E-state index in [9.17, 15) is 0 Å². The second kappa shape index (κ2) is 8.37. The average Bonchev–Trinajstić information content (AvgIpc) is 3.01.